The van der Waals surface area contributed by atoms with Crippen LogP contribution in [0.3, 0.4) is 0 Å². The lowest BCUT2D eigenvalue weighted by Gasteiger charge is -2.19. The maximum atomic E-state index is 11.1. The average Bonchev–Trinajstić information content (AvgIpc) is 3.30. The third-order valence-corrected chi connectivity index (χ3v) is 4.50. The normalized spacial score (nSPS) is 14.9. The summed E-state index contributed by atoms with van der Waals surface area (Å²) in [7, 11) is 0. The van der Waals surface area contributed by atoms with Crippen LogP contribution in [-0.4, -0.2) is 45.2 Å². The molecule has 1 N–H and O–H groups in total. The number of aromatic nitrogens is 2. The molecule has 0 amide bonds. The van der Waals surface area contributed by atoms with Gasteiger partial charge in [-0.15, -0.1) is 0 Å². The topological polar surface area (TPSA) is 58.4 Å². The standard InChI is InChI=1S/C17H23N3O2/c1-3-19(4-2)9-10-20-15-8-7-13(17(21)22)11-14(15)18-16(20)12-5-6-12/h7-8,11-12H,3-6,9-10H2,1-2H3,(H,21,22). The lowest BCUT2D eigenvalue weighted by atomic mass is 10.2. The fraction of sp³-hybridized carbons (Fsp3) is 0.529. The molecule has 1 saturated carbocycles. The molecule has 1 aliphatic rings. The lowest BCUT2D eigenvalue weighted by molar-refractivity contribution is 0.0697. The van der Waals surface area contributed by atoms with Gasteiger partial charge in [-0.05, 0) is 44.1 Å². The summed E-state index contributed by atoms with van der Waals surface area (Å²) in [5, 5.41) is 9.14. The van der Waals surface area contributed by atoms with Gasteiger partial charge in [-0.2, -0.15) is 0 Å². The zero-order valence-corrected chi connectivity index (χ0v) is 13.2. The summed E-state index contributed by atoms with van der Waals surface area (Å²) in [6.45, 7) is 8.36. The summed E-state index contributed by atoms with van der Waals surface area (Å²) in [4.78, 5) is 18.3. The lowest BCUT2D eigenvalue weighted by Crippen LogP contribution is -2.27. The number of aromatic carboxylic acids is 1. The van der Waals surface area contributed by atoms with Crippen LogP contribution in [0.5, 0.6) is 0 Å². The largest absolute Gasteiger partial charge is 0.478 e. The molecule has 118 valence electrons. The van der Waals surface area contributed by atoms with E-state index in [1.807, 2.05) is 6.07 Å². The number of hydrogen-bond acceptors (Lipinski definition) is 3. The number of fused-ring (bicyclic) bond motifs is 1. The monoisotopic (exact) mass is 301 g/mol. The summed E-state index contributed by atoms with van der Waals surface area (Å²) < 4.78 is 2.29. The highest BCUT2D eigenvalue weighted by Crippen LogP contribution is 2.40. The minimum atomic E-state index is -0.896. The molecule has 2 aromatic rings. The minimum Gasteiger partial charge on any atom is -0.478 e. The van der Waals surface area contributed by atoms with Crippen molar-refractivity contribution in [2.75, 3.05) is 19.6 Å². The van der Waals surface area contributed by atoms with E-state index in [4.69, 9.17) is 10.1 Å². The molecule has 1 aliphatic carbocycles. The van der Waals surface area contributed by atoms with E-state index in [1.165, 1.54) is 12.8 Å². The van der Waals surface area contributed by atoms with Crippen molar-refractivity contribution in [2.45, 2.75) is 39.2 Å². The number of hydrogen-bond donors (Lipinski definition) is 1. The summed E-state index contributed by atoms with van der Waals surface area (Å²) in [5.41, 5.74) is 2.17. The quantitative estimate of drug-likeness (QED) is 0.854. The smallest absolute Gasteiger partial charge is 0.335 e. The van der Waals surface area contributed by atoms with Crippen molar-refractivity contribution in [3.8, 4) is 0 Å². The number of imidazole rings is 1. The number of carbonyl (C=O) groups is 1. The fourth-order valence-corrected chi connectivity index (χ4v) is 2.95. The van der Waals surface area contributed by atoms with E-state index in [2.05, 4.69) is 23.3 Å². The van der Waals surface area contributed by atoms with E-state index >= 15 is 0 Å². The van der Waals surface area contributed by atoms with Crippen LogP contribution >= 0.6 is 0 Å². The van der Waals surface area contributed by atoms with Gasteiger partial charge in [-0.3, -0.25) is 0 Å². The Labute approximate surface area is 130 Å². The second-order valence-electron chi connectivity index (χ2n) is 5.93. The van der Waals surface area contributed by atoms with Crippen molar-refractivity contribution in [3.05, 3.63) is 29.6 Å². The van der Waals surface area contributed by atoms with Gasteiger partial charge in [-0.1, -0.05) is 13.8 Å². The van der Waals surface area contributed by atoms with Crippen LogP contribution in [0, 0.1) is 0 Å². The highest BCUT2D eigenvalue weighted by Gasteiger charge is 2.29. The van der Waals surface area contributed by atoms with Crippen LogP contribution in [-0.2, 0) is 6.54 Å². The number of carboxylic acids is 1. The van der Waals surface area contributed by atoms with Gasteiger partial charge in [-0.25, -0.2) is 9.78 Å². The number of benzene rings is 1. The van der Waals surface area contributed by atoms with Crippen LogP contribution in [0.2, 0.25) is 0 Å². The van der Waals surface area contributed by atoms with Gasteiger partial charge >= 0.3 is 5.97 Å². The van der Waals surface area contributed by atoms with Gasteiger partial charge < -0.3 is 14.6 Å². The Bertz CT molecular complexity index is 685. The molecule has 1 aromatic carbocycles. The first-order valence-electron chi connectivity index (χ1n) is 8.09. The highest BCUT2D eigenvalue weighted by molar-refractivity contribution is 5.92. The van der Waals surface area contributed by atoms with Crippen molar-refractivity contribution in [3.63, 3.8) is 0 Å². The number of likely N-dealkylation sites (N-methyl/N-ethyl adjacent to an activating group) is 1. The predicted molar refractivity (Wildman–Crippen MR) is 86.5 cm³/mol. The molecule has 1 heterocycles. The molecule has 0 unspecified atom stereocenters. The predicted octanol–water partition coefficient (Wildman–Crippen LogP) is 2.95. The number of rotatable bonds is 7. The molecule has 0 saturated heterocycles. The Kier molecular flexibility index (Phi) is 4.16. The Hall–Kier alpha value is -1.88. The zero-order chi connectivity index (χ0) is 15.7. The first-order chi connectivity index (χ1) is 10.6. The van der Waals surface area contributed by atoms with Crippen molar-refractivity contribution >= 4 is 17.0 Å². The molecule has 5 heteroatoms. The Balaban J connectivity index is 1.95. The molecule has 3 rings (SSSR count). The van der Waals surface area contributed by atoms with E-state index in [-0.39, 0.29) is 0 Å². The number of carboxylic acid groups (broad SMARTS) is 1. The average molecular weight is 301 g/mol. The third-order valence-electron chi connectivity index (χ3n) is 4.50. The fourth-order valence-electron chi connectivity index (χ4n) is 2.95. The summed E-state index contributed by atoms with van der Waals surface area (Å²) >= 11 is 0. The van der Waals surface area contributed by atoms with Gasteiger partial charge in [0.15, 0.2) is 0 Å². The molecular formula is C17H23N3O2. The Morgan fingerprint density at radius 2 is 2.09 bits per heavy atom. The van der Waals surface area contributed by atoms with Gasteiger partial charge in [0, 0.05) is 19.0 Å². The first kappa shape index (κ1) is 15.0. The van der Waals surface area contributed by atoms with Gasteiger partial charge in [0.2, 0.25) is 0 Å². The SMILES string of the molecule is CCN(CC)CCn1c(C2CC2)nc2cc(C(=O)O)ccc21. The van der Waals surface area contributed by atoms with Crippen LogP contribution in [0.1, 0.15) is 48.8 Å². The van der Waals surface area contributed by atoms with Gasteiger partial charge in [0.1, 0.15) is 5.82 Å². The zero-order valence-electron chi connectivity index (χ0n) is 13.2. The van der Waals surface area contributed by atoms with E-state index in [1.54, 1.807) is 12.1 Å². The third kappa shape index (κ3) is 2.86. The summed E-state index contributed by atoms with van der Waals surface area (Å²) in [6, 6.07) is 5.27. The molecule has 0 spiro atoms. The maximum absolute atomic E-state index is 11.1. The molecule has 0 bridgehead atoms. The van der Waals surface area contributed by atoms with Crippen LogP contribution in [0.4, 0.5) is 0 Å². The maximum Gasteiger partial charge on any atom is 0.335 e. The van der Waals surface area contributed by atoms with Crippen LogP contribution < -0.4 is 0 Å². The molecule has 1 fully saturated rings. The van der Waals surface area contributed by atoms with E-state index in [9.17, 15) is 4.79 Å². The van der Waals surface area contributed by atoms with Crippen LogP contribution in [0.15, 0.2) is 18.2 Å². The Morgan fingerprint density at radius 1 is 1.36 bits per heavy atom. The Morgan fingerprint density at radius 3 is 2.68 bits per heavy atom. The minimum absolute atomic E-state index is 0.309. The molecule has 0 aliphatic heterocycles. The van der Waals surface area contributed by atoms with Crippen molar-refractivity contribution in [1.82, 2.24) is 14.5 Å². The molecule has 5 nitrogen and oxygen atoms in total. The van der Waals surface area contributed by atoms with Crippen molar-refractivity contribution in [2.24, 2.45) is 0 Å². The van der Waals surface area contributed by atoms with E-state index in [0.717, 1.165) is 43.0 Å². The highest BCUT2D eigenvalue weighted by atomic mass is 16.4. The van der Waals surface area contributed by atoms with Crippen molar-refractivity contribution in [1.29, 1.82) is 0 Å². The molecule has 0 radical (unpaired) electrons. The van der Waals surface area contributed by atoms with E-state index < -0.39 is 5.97 Å². The van der Waals surface area contributed by atoms with Gasteiger partial charge in [0.25, 0.3) is 0 Å². The summed E-state index contributed by atoms with van der Waals surface area (Å²) in [6.07, 6.45) is 2.39. The molecule has 1 aromatic heterocycles. The molecule has 22 heavy (non-hydrogen) atoms. The second-order valence-corrected chi connectivity index (χ2v) is 5.93. The van der Waals surface area contributed by atoms with Gasteiger partial charge in [0.05, 0.1) is 16.6 Å². The second kappa shape index (κ2) is 6.08. The van der Waals surface area contributed by atoms with Crippen LogP contribution in [0.25, 0.3) is 11.0 Å². The van der Waals surface area contributed by atoms with E-state index in [0.29, 0.717) is 11.5 Å². The molecular weight excluding hydrogens is 278 g/mol. The first-order valence-corrected chi connectivity index (χ1v) is 8.09. The number of nitrogens with zero attached hydrogens (tertiary/aromatic N) is 3. The molecule has 0 atom stereocenters. The van der Waals surface area contributed by atoms with Crippen molar-refractivity contribution < 1.29 is 9.90 Å². The summed E-state index contributed by atoms with van der Waals surface area (Å²) in [5.74, 6) is 0.787.